The number of hydrogen-bond donors (Lipinski definition) is 0. The van der Waals surface area contributed by atoms with E-state index in [4.69, 9.17) is 9.51 Å². The Labute approximate surface area is 137 Å². The third kappa shape index (κ3) is 2.25. The van der Waals surface area contributed by atoms with Crippen LogP contribution in [0.1, 0.15) is 30.5 Å². The smallest absolute Gasteiger partial charge is 0.247 e. The fourth-order valence-electron chi connectivity index (χ4n) is 2.89. The lowest BCUT2D eigenvalue weighted by molar-refractivity contribution is 0.371. The first kappa shape index (κ1) is 13.4. The molecule has 0 atom stereocenters. The van der Waals surface area contributed by atoms with Crippen molar-refractivity contribution in [1.82, 2.24) is 29.9 Å². The van der Waals surface area contributed by atoms with Gasteiger partial charge in [0.1, 0.15) is 18.1 Å². The maximum atomic E-state index is 5.42. The minimum absolute atomic E-state index is 0.454. The van der Waals surface area contributed by atoms with Crippen molar-refractivity contribution in [3.63, 3.8) is 0 Å². The summed E-state index contributed by atoms with van der Waals surface area (Å²) in [4.78, 5) is 9.24. The van der Waals surface area contributed by atoms with Crippen LogP contribution in [-0.4, -0.2) is 29.9 Å². The van der Waals surface area contributed by atoms with Crippen LogP contribution in [0.3, 0.4) is 0 Å². The lowest BCUT2D eigenvalue weighted by Crippen LogP contribution is -2.04. The molecule has 1 aliphatic rings. The highest BCUT2D eigenvalue weighted by Crippen LogP contribution is 2.40. The van der Waals surface area contributed by atoms with Crippen molar-refractivity contribution in [2.24, 2.45) is 0 Å². The molecule has 1 aliphatic carbocycles. The topological polar surface area (TPSA) is 82.5 Å². The van der Waals surface area contributed by atoms with Gasteiger partial charge in [-0.05, 0) is 37.1 Å². The predicted molar refractivity (Wildman–Crippen MR) is 86.1 cm³/mol. The van der Waals surface area contributed by atoms with Crippen LogP contribution in [0, 0.1) is 0 Å². The molecule has 1 fully saturated rings. The monoisotopic (exact) mass is 318 g/mol. The van der Waals surface area contributed by atoms with E-state index in [-0.39, 0.29) is 0 Å². The number of benzene rings is 1. The second kappa shape index (κ2) is 5.23. The van der Waals surface area contributed by atoms with Crippen LogP contribution in [0.2, 0.25) is 0 Å². The third-order valence-electron chi connectivity index (χ3n) is 4.19. The fraction of sp³-hybridized carbons (Fsp3) is 0.235. The summed E-state index contributed by atoms with van der Waals surface area (Å²) in [6.07, 6.45) is 4.00. The molecule has 5 rings (SSSR count). The Hall–Kier alpha value is -3.09. The molecule has 24 heavy (non-hydrogen) atoms. The first-order valence-electron chi connectivity index (χ1n) is 7.94. The van der Waals surface area contributed by atoms with Crippen molar-refractivity contribution in [1.29, 1.82) is 0 Å². The van der Waals surface area contributed by atoms with E-state index >= 15 is 0 Å². The number of hydrogen-bond acceptors (Lipinski definition) is 6. The highest BCUT2D eigenvalue weighted by Gasteiger charge is 2.30. The Morgan fingerprint density at radius 2 is 2.00 bits per heavy atom. The van der Waals surface area contributed by atoms with Gasteiger partial charge in [-0.1, -0.05) is 17.3 Å². The van der Waals surface area contributed by atoms with Crippen LogP contribution < -0.4 is 0 Å². The van der Waals surface area contributed by atoms with Crippen molar-refractivity contribution >= 4 is 11.0 Å². The molecule has 118 valence electrons. The maximum Gasteiger partial charge on any atom is 0.247 e. The third-order valence-corrected chi connectivity index (χ3v) is 4.19. The van der Waals surface area contributed by atoms with Crippen molar-refractivity contribution in [3.8, 4) is 11.5 Å². The summed E-state index contributed by atoms with van der Waals surface area (Å²) >= 11 is 0. The van der Waals surface area contributed by atoms with E-state index in [0.717, 1.165) is 16.9 Å². The lowest BCUT2D eigenvalue weighted by atomic mass is 10.3. The normalized spacial score (nSPS) is 14.3. The van der Waals surface area contributed by atoms with E-state index in [1.807, 2.05) is 24.3 Å². The summed E-state index contributed by atoms with van der Waals surface area (Å²) in [7, 11) is 0. The van der Waals surface area contributed by atoms with E-state index in [2.05, 4.69) is 31.0 Å². The first-order valence-corrected chi connectivity index (χ1v) is 7.94. The summed E-state index contributed by atoms with van der Waals surface area (Å²) in [6, 6.07) is 11.8. The molecular weight excluding hydrogens is 304 g/mol. The van der Waals surface area contributed by atoms with Gasteiger partial charge in [0.2, 0.25) is 11.7 Å². The van der Waals surface area contributed by atoms with Gasteiger partial charge in [0.15, 0.2) is 0 Å². The molecule has 3 aromatic heterocycles. The van der Waals surface area contributed by atoms with Gasteiger partial charge in [0.25, 0.3) is 0 Å². The second-order valence-electron chi connectivity index (χ2n) is 5.94. The van der Waals surface area contributed by atoms with Crippen molar-refractivity contribution in [3.05, 3.63) is 54.3 Å². The van der Waals surface area contributed by atoms with Gasteiger partial charge < -0.3 is 9.09 Å². The number of nitrogens with zero attached hydrogens (tertiary/aromatic N) is 6. The average molecular weight is 318 g/mol. The van der Waals surface area contributed by atoms with Crippen LogP contribution in [-0.2, 0) is 6.54 Å². The van der Waals surface area contributed by atoms with Gasteiger partial charge in [-0.2, -0.15) is 10.1 Å². The Kier molecular flexibility index (Phi) is 2.91. The van der Waals surface area contributed by atoms with Gasteiger partial charge in [0, 0.05) is 12.1 Å². The molecule has 7 heteroatoms. The van der Waals surface area contributed by atoms with Gasteiger partial charge >= 0.3 is 0 Å². The van der Waals surface area contributed by atoms with Gasteiger partial charge in [-0.3, -0.25) is 0 Å². The summed E-state index contributed by atoms with van der Waals surface area (Å²) < 4.78 is 7.60. The number of aromatic nitrogens is 6. The van der Waals surface area contributed by atoms with Crippen LogP contribution in [0.4, 0.5) is 0 Å². The molecule has 7 nitrogen and oxygen atoms in total. The number of para-hydroxylation sites is 2. The zero-order chi connectivity index (χ0) is 15.9. The average Bonchev–Trinajstić information content (AvgIpc) is 3.26. The first-order chi connectivity index (χ1) is 11.9. The van der Waals surface area contributed by atoms with E-state index in [1.54, 1.807) is 12.3 Å². The molecule has 0 amide bonds. The standard InChI is InChI=1S/C17H14N6O/c1-2-6-14-12(4-1)19-17(11-7-8-11)23(14)10-15-20-16(22-24-15)13-5-3-9-18-21-13/h1-6,9,11H,7-8,10H2. The number of fused-ring (bicyclic) bond motifs is 1. The fourth-order valence-corrected chi connectivity index (χ4v) is 2.89. The van der Waals surface area contributed by atoms with E-state index < -0.39 is 0 Å². The van der Waals surface area contributed by atoms with Crippen molar-refractivity contribution in [2.45, 2.75) is 25.3 Å². The Balaban J connectivity index is 1.53. The molecule has 0 radical (unpaired) electrons. The molecule has 0 N–H and O–H groups in total. The molecule has 0 spiro atoms. The molecule has 1 aromatic carbocycles. The molecule has 0 saturated heterocycles. The van der Waals surface area contributed by atoms with Crippen LogP contribution >= 0.6 is 0 Å². The van der Waals surface area contributed by atoms with E-state index in [1.165, 1.54) is 12.8 Å². The predicted octanol–water partition coefficient (Wildman–Crippen LogP) is 2.80. The summed E-state index contributed by atoms with van der Waals surface area (Å²) in [5.41, 5.74) is 2.71. The van der Waals surface area contributed by atoms with E-state index in [9.17, 15) is 0 Å². The maximum absolute atomic E-state index is 5.42. The van der Waals surface area contributed by atoms with Crippen molar-refractivity contribution in [2.75, 3.05) is 0 Å². The zero-order valence-corrected chi connectivity index (χ0v) is 12.8. The summed E-state index contributed by atoms with van der Waals surface area (Å²) in [6.45, 7) is 0.514. The van der Waals surface area contributed by atoms with Gasteiger partial charge in [-0.15, -0.1) is 5.10 Å². The van der Waals surface area contributed by atoms with Crippen molar-refractivity contribution < 1.29 is 4.52 Å². The van der Waals surface area contributed by atoms with Gasteiger partial charge in [0.05, 0.1) is 11.0 Å². The molecule has 0 bridgehead atoms. The largest absolute Gasteiger partial charge is 0.337 e. The summed E-state index contributed by atoms with van der Waals surface area (Å²) in [5, 5.41) is 11.9. The molecule has 1 saturated carbocycles. The SMILES string of the molecule is c1cnnc(-c2noc(Cn3c(C4CC4)nc4ccccc43)n2)c1. The number of imidazole rings is 1. The quantitative estimate of drug-likeness (QED) is 0.575. The Bertz CT molecular complexity index is 1000. The van der Waals surface area contributed by atoms with E-state index in [0.29, 0.717) is 29.9 Å². The molecule has 3 heterocycles. The highest BCUT2D eigenvalue weighted by atomic mass is 16.5. The number of rotatable bonds is 4. The van der Waals surface area contributed by atoms with Crippen LogP contribution in [0.5, 0.6) is 0 Å². The van der Waals surface area contributed by atoms with Crippen LogP contribution in [0.25, 0.3) is 22.6 Å². The lowest BCUT2D eigenvalue weighted by Gasteiger charge is -2.05. The minimum atomic E-state index is 0.454. The molecule has 0 aliphatic heterocycles. The molecular formula is C17H14N6O. The highest BCUT2D eigenvalue weighted by molar-refractivity contribution is 5.76. The molecule has 4 aromatic rings. The minimum Gasteiger partial charge on any atom is -0.337 e. The zero-order valence-electron chi connectivity index (χ0n) is 12.8. The Morgan fingerprint density at radius 1 is 1.08 bits per heavy atom. The Morgan fingerprint density at radius 3 is 2.83 bits per heavy atom. The second-order valence-corrected chi connectivity index (χ2v) is 5.94. The summed E-state index contributed by atoms with van der Waals surface area (Å²) in [5.74, 6) is 2.64. The van der Waals surface area contributed by atoms with Gasteiger partial charge in [-0.25, -0.2) is 4.98 Å². The molecule has 0 unspecified atom stereocenters. The van der Waals surface area contributed by atoms with Crippen LogP contribution in [0.15, 0.2) is 47.1 Å².